The molecule has 1 fully saturated rings. The maximum absolute atomic E-state index is 13.3. The zero-order valence-electron chi connectivity index (χ0n) is 11.4. The number of hydrogen-bond donors (Lipinski definition) is 1. The lowest BCUT2D eigenvalue weighted by atomic mass is 9.99. The van der Waals surface area contributed by atoms with Crippen molar-refractivity contribution in [1.29, 1.82) is 0 Å². The Balaban J connectivity index is 2.18. The summed E-state index contributed by atoms with van der Waals surface area (Å²) in [7, 11) is 0. The minimum atomic E-state index is -4.18. The molecule has 7 heteroatoms. The van der Waals surface area contributed by atoms with E-state index in [1.807, 2.05) is 4.90 Å². The summed E-state index contributed by atoms with van der Waals surface area (Å²) in [5, 5.41) is 3.18. The van der Waals surface area contributed by atoms with E-state index in [1.54, 1.807) is 12.1 Å². The minimum Gasteiger partial charge on any atom is -0.314 e. The first-order valence-electron chi connectivity index (χ1n) is 6.83. The summed E-state index contributed by atoms with van der Waals surface area (Å²) in [6, 6.07) is 4.11. The highest BCUT2D eigenvalue weighted by molar-refractivity contribution is 9.10. The molecular weight excluding hydrogens is 352 g/mol. The van der Waals surface area contributed by atoms with Crippen LogP contribution in [0.3, 0.4) is 0 Å². The molecule has 0 bridgehead atoms. The fraction of sp³-hybridized carbons (Fsp3) is 0.571. The van der Waals surface area contributed by atoms with E-state index in [-0.39, 0.29) is 16.9 Å². The highest BCUT2D eigenvalue weighted by Crippen LogP contribution is 2.33. The summed E-state index contributed by atoms with van der Waals surface area (Å²) in [6.45, 7) is 2.89. The van der Waals surface area contributed by atoms with Crippen LogP contribution in [0, 0.1) is 5.82 Å². The van der Waals surface area contributed by atoms with Crippen molar-refractivity contribution >= 4 is 15.9 Å². The molecule has 2 nitrogen and oxygen atoms in total. The highest BCUT2D eigenvalue weighted by atomic mass is 79.9. The average Bonchev–Trinajstić information content (AvgIpc) is 2.43. The van der Waals surface area contributed by atoms with Crippen LogP contribution in [0.25, 0.3) is 0 Å². The van der Waals surface area contributed by atoms with E-state index in [4.69, 9.17) is 0 Å². The summed E-state index contributed by atoms with van der Waals surface area (Å²) in [4.78, 5) is 2.03. The summed E-state index contributed by atoms with van der Waals surface area (Å²) < 4.78 is 51.2. The van der Waals surface area contributed by atoms with Crippen molar-refractivity contribution in [3.63, 3.8) is 0 Å². The Labute approximate surface area is 129 Å². The third-order valence-electron chi connectivity index (χ3n) is 3.62. The number of alkyl halides is 3. The molecule has 2 rings (SSSR count). The van der Waals surface area contributed by atoms with Gasteiger partial charge in [-0.15, -0.1) is 0 Å². The molecule has 0 saturated carbocycles. The lowest BCUT2D eigenvalue weighted by molar-refractivity contribution is -0.138. The predicted molar refractivity (Wildman–Crippen MR) is 76.6 cm³/mol. The van der Waals surface area contributed by atoms with Crippen LogP contribution in [0.15, 0.2) is 22.7 Å². The van der Waals surface area contributed by atoms with Crippen molar-refractivity contribution in [2.45, 2.75) is 25.1 Å². The van der Waals surface area contributed by atoms with Crippen molar-refractivity contribution in [3.8, 4) is 0 Å². The smallest absolute Gasteiger partial charge is 0.314 e. The SMILES string of the molecule is Fc1ccc([C@@H](CCC(F)(F)F)N2CCNCC2)cc1Br. The Morgan fingerprint density at radius 3 is 2.48 bits per heavy atom. The average molecular weight is 369 g/mol. The predicted octanol–water partition coefficient (Wildman–Crippen LogP) is 3.88. The van der Waals surface area contributed by atoms with Crippen molar-refractivity contribution in [2.24, 2.45) is 0 Å². The Hall–Kier alpha value is -0.660. The van der Waals surface area contributed by atoms with Gasteiger partial charge in [0.1, 0.15) is 5.82 Å². The fourth-order valence-corrected chi connectivity index (χ4v) is 2.97. The van der Waals surface area contributed by atoms with Gasteiger partial charge >= 0.3 is 6.18 Å². The van der Waals surface area contributed by atoms with Gasteiger partial charge in [-0.3, -0.25) is 4.90 Å². The van der Waals surface area contributed by atoms with Gasteiger partial charge in [-0.1, -0.05) is 6.07 Å². The second-order valence-electron chi connectivity index (χ2n) is 5.13. The molecule has 0 aromatic heterocycles. The number of halogens is 5. The number of rotatable bonds is 4. The normalized spacial score (nSPS) is 18.7. The van der Waals surface area contributed by atoms with Gasteiger partial charge in [0, 0.05) is 38.6 Å². The summed E-state index contributed by atoms with van der Waals surface area (Å²) in [5.74, 6) is -0.409. The van der Waals surface area contributed by atoms with Gasteiger partial charge in [-0.2, -0.15) is 13.2 Å². The molecule has 1 heterocycles. The fourth-order valence-electron chi connectivity index (χ4n) is 2.57. The third-order valence-corrected chi connectivity index (χ3v) is 4.23. The molecule has 1 N–H and O–H groups in total. The van der Waals surface area contributed by atoms with Gasteiger partial charge < -0.3 is 5.32 Å². The van der Waals surface area contributed by atoms with Gasteiger partial charge in [0.25, 0.3) is 0 Å². The first kappa shape index (κ1) is 16.7. The minimum absolute atomic E-state index is 0.0123. The van der Waals surface area contributed by atoms with E-state index in [0.29, 0.717) is 13.1 Å². The van der Waals surface area contributed by atoms with E-state index in [9.17, 15) is 17.6 Å². The number of nitrogens with zero attached hydrogens (tertiary/aromatic N) is 1. The van der Waals surface area contributed by atoms with Crippen LogP contribution in [0.2, 0.25) is 0 Å². The lowest BCUT2D eigenvalue weighted by Gasteiger charge is -2.35. The van der Waals surface area contributed by atoms with Crippen molar-refractivity contribution in [3.05, 3.63) is 34.1 Å². The molecule has 118 valence electrons. The first-order chi connectivity index (χ1) is 9.87. The van der Waals surface area contributed by atoms with Gasteiger partial charge in [0.2, 0.25) is 0 Å². The molecule has 1 aliphatic heterocycles. The van der Waals surface area contributed by atoms with Crippen LogP contribution in [0.1, 0.15) is 24.4 Å². The molecule has 21 heavy (non-hydrogen) atoms. The quantitative estimate of drug-likeness (QED) is 0.811. The van der Waals surface area contributed by atoms with Gasteiger partial charge in [0.15, 0.2) is 0 Å². The molecule has 0 amide bonds. The van der Waals surface area contributed by atoms with E-state index < -0.39 is 18.4 Å². The van der Waals surface area contributed by atoms with Crippen LogP contribution < -0.4 is 5.32 Å². The monoisotopic (exact) mass is 368 g/mol. The highest BCUT2D eigenvalue weighted by Gasteiger charge is 2.31. The maximum Gasteiger partial charge on any atom is 0.389 e. The van der Waals surface area contributed by atoms with E-state index >= 15 is 0 Å². The Morgan fingerprint density at radius 2 is 1.90 bits per heavy atom. The number of hydrogen-bond acceptors (Lipinski definition) is 2. The molecule has 0 unspecified atom stereocenters. The lowest BCUT2D eigenvalue weighted by Crippen LogP contribution is -2.45. The van der Waals surface area contributed by atoms with E-state index in [2.05, 4.69) is 21.2 Å². The molecule has 1 saturated heterocycles. The van der Waals surface area contributed by atoms with Crippen LogP contribution in [0.5, 0.6) is 0 Å². The molecule has 0 spiro atoms. The van der Waals surface area contributed by atoms with Crippen LogP contribution in [-0.2, 0) is 0 Å². The van der Waals surface area contributed by atoms with Crippen molar-refractivity contribution < 1.29 is 17.6 Å². The van der Waals surface area contributed by atoms with Crippen LogP contribution in [0.4, 0.5) is 17.6 Å². The van der Waals surface area contributed by atoms with E-state index in [1.165, 1.54) is 6.07 Å². The molecule has 0 aliphatic carbocycles. The van der Waals surface area contributed by atoms with Gasteiger partial charge in [-0.25, -0.2) is 4.39 Å². The number of benzene rings is 1. The largest absolute Gasteiger partial charge is 0.389 e. The van der Waals surface area contributed by atoms with Gasteiger partial charge in [0.05, 0.1) is 4.47 Å². The number of nitrogens with one attached hydrogen (secondary N) is 1. The van der Waals surface area contributed by atoms with Crippen molar-refractivity contribution in [2.75, 3.05) is 26.2 Å². The zero-order chi connectivity index (χ0) is 15.5. The Bertz CT molecular complexity index is 473. The second-order valence-corrected chi connectivity index (χ2v) is 5.98. The molecule has 1 aromatic carbocycles. The molecule has 1 aromatic rings. The second kappa shape index (κ2) is 7.07. The van der Waals surface area contributed by atoms with Crippen LogP contribution in [-0.4, -0.2) is 37.3 Å². The third kappa shape index (κ3) is 4.93. The molecule has 0 radical (unpaired) electrons. The van der Waals surface area contributed by atoms with Gasteiger partial charge in [-0.05, 0) is 40.0 Å². The standard InChI is InChI=1S/C14H17BrF4N2/c15-11-9-10(1-2-12(11)16)13(3-4-14(17,18)19)21-7-5-20-6-8-21/h1-2,9,13,20H,3-8H2/t13-/m1/s1. The molecule has 1 aliphatic rings. The van der Waals surface area contributed by atoms with E-state index in [0.717, 1.165) is 18.7 Å². The molecule has 1 atom stereocenters. The zero-order valence-corrected chi connectivity index (χ0v) is 13.0. The van der Waals surface area contributed by atoms with Crippen molar-refractivity contribution in [1.82, 2.24) is 10.2 Å². The summed E-state index contributed by atoms with van der Waals surface area (Å²) in [6.07, 6.45) is -5.03. The summed E-state index contributed by atoms with van der Waals surface area (Å²) >= 11 is 3.10. The summed E-state index contributed by atoms with van der Waals surface area (Å²) in [5.41, 5.74) is 0.717. The number of piperazine rings is 1. The Morgan fingerprint density at radius 1 is 1.24 bits per heavy atom. The topological polar surface area (TPSA) is 15.3 Å². The first-order valence-corrected chi connectivity index (χ1v) is 7.62. The van der Waals surface area contributed by atoms with Crippen LogP contribution >= 0.6 is 15.9 Å². The molecular formula is C14H17BrF4N2. The maximum atomic E-state index is 13.3. The Kier molecular flexibility index (Phi) is 5.62.